The van der Waals surface area contributed by atoms with Gasteiger partial charge >= 0.3 is 0 Å². The summed E-state index contributed by atoms with van der Waals surface area (Å²) >= 11 is 0. The second-order valence-corrected chi connectivity index (χ2v) is 8.43. The molecule has 1 rings (SSSR count). The molecule has 1 heteroatoms. The summed E-state index contributed by atoms with van der Waals surface area (Å²) in [5.74, 6) is 3.01. The van der Waals surface area contributed by atoms with Gasteiger partial charge in [0, 0.05) is 17.8 Å². The molecule has 0 saturated carbocycles. The van der Waals surface area contributed by atoms with Crippen LogP contribution in [0.2, 0.25) is 0 Å². The maximum atomic E-state index is 4.19. The first-order chi connectivity index (χ1) is 9.54. The number of hydrogen-bond acceptors (Lipinski definition) is 1. The molecule has 122 valence electrons. The van der Waals surface area contributed by atoms with Crippen molar-refractivity contribution >= 4 is 0 Å². The first-order valence-electron chi connectivity index (χ1n) is 8.64. The van der Waals surface area contributed by atoms with E-state index >= 15 is 0 Å². The van der Waals surface area contributed by atoms with Crippen LogP contribution in [0.4, 0.5) is 0 Å². The van der Waals surface area contributed by atoms with Gasteiger partial charge in [-0.05, 0) is 71.1 Å². The number of allylic oxidation sites excluding steroid dienone is 3. The lowest BCUT2D eigenvalue weighted by molar-refractivity contribution is 0.114. The molecule has 1 aliphatic rings. The number of hydrogen-bond donors (Lipinski definition) is 0. The van der Waals surface area contributed by atoms with E-state index in [4.69, 9.17) is 0 Å². The van der Waals surface area contributed by atoms with Crippen molar-refractivity contribution in [2.24, 2.45) is 23.7 Å². The van der Waals surface area contributed by atoms with Gasteiger partial charge in [0.2, 0.25) is 0 Å². The van der Waals surface area contributed by atoms with Crippen molar-refractivity contribution in [3.63, 3.8) is 0 Å². The highest BCUT2D eigenvalue weighted by atomic mass is 15.2. The maximum Gasteiger partial charge on any atom is 0.0314 e. The maximum absolute atomic E-state index is 4.19. The van der Waals surface area contributed by atoms with Crippen LogP contribution in [-0.4, -0.2) is 17.0 Å². The van der Waals surface area contributed by atoms with Gasteiger partial charge in [-0.15, -0.1) is 0 Å². The zero-order chi connectivity index (χ0) is 16.4. The van der Waals surface area contributed by atoms with Gasteiger partial charge in [0.15, 0.2) is 0 Å². The van der Waals surface area contributed by atoms with Crippen molar-refractivity contribution in [2.45, 2.75) is 73.8 Å². The molecule has 0 N–H and O–H groups in total. The molecule has 0 aromatic carbocycles. The number of rotatable bonds is 5. The molecular weight excluding hydrogens is 254 g/mol. The lowest BCUT2D eigenvalue weighted by Gasteiger charge is -2.43. The van der Waals surface area contributed by atoms with Crippen LogP contribution in [0.15, 0.2) is 23.9 Å². The molecule has 0 aliphatic heterocycles. The zero-order valence-corrected chi connectivity index (χ0v) is 15.7. The molecule has 1 nitrogen and oxygen atoms in total. The van der Waals surface area contributed by atoms with E-state index in [-0.39, 0.29) is 5.54 Å². The molecule has 0 bridgehead atoms. The highest BCUT2D eigenvalue weighted by Crippen LogP contribution is 2.37. The Morgan fingerprint density at radius 1 is 1.38 bits per heavy atom. The quantitative estimate of drug-likeness (QED) is 0.571. The Kier molecular flexibility index (Phi) is 6.13. The van der Waals surface area contributed by atoms with Gasteiger partial charge in [-0.25, -0.2) is 0 Å². The standard InChI is InChI=1S/C20H37N/c1-14(2)21(20(7,8)9)13-17(5)18(6)19-11-10-15(3)12-16(19)4/h12,16-19H,1,10-11,13H2,2-9H3. The Morgan fingerprint density at radius 3 is 2.38 bits per heavy atom. The van der Waals surface area contributed by atoms with Crippen molar-refractivity contribution in [3.05, 3.63) is 23.9 Å². The van der Waals surface area contributed by atoms with E-state index < -0.39 is 0 Å². The summed E-state index contributed by atoms with van der Waals surface area (Å²) in [6, 6.07) is 0. The highest BCUT2D eigenvalue weighted by Gasteiger charge is 2.31. The van der Waals surface area contributed by atoms with Crippen molar-refractivity contribution in [2.75, 3.05) is 6.54 Å². The van der Waals surface area contributed by atoms with Crippen molar-refractivity contribution in [3.8, 4) is 0 Å². The van der Waals surface area contributed by atoms with Crippen molar-refractivity contribution < 1.29 is 0 Å². The predicted molar refractivity (Wildman–Crippen MR) is 95.2 cm³/mol. The smallest absolute Gasteiger partial charge is 0.0314 e. The van der Waals surface area contributed by atoms with Crippen LogP contribution in [0.1, 0.15) is 68.2 Å². The minimum atomic E-state index is 0.161. The average Bonchev–Trinajstić information content (AvgIpc) is 2.33. The van der Waals surface area contributed by atoms with E-state index in [0.717, 1.165) is 24.3 Å². The van der Waals surface area contributed by atoms with Crippen LogP contribution in [0.25, 0.3) is 0 Å². The van der Waals surface area contributed by atoms with Gasteiger partial charge < -0.3 is 4.90 Å². The van der Waals surface area contributed by atoms with Crippen LogP contribution in [0.5, 0.6) is 0 Å². The Balaban J connectivity index is 2.74. The van der Waals surface area contributed by atoms with E-state index in [2.05, 4.69) is 72.9 Å². The van der Waals surface area contributed by atoms with E-state index in [1.165, 1.54) is 18.5 Å². The summed E-state index contributed by atoms with van der Waals surface area (Å²) < 4.78 is 0. The van der Waals surface area contributed by atoms with Gasteiger partial charge in [0.05, 0.1) is 0 Å². The predicted octanol–water partition coefficient (Wildman–Crippen LogP) is 5.89. The molecule has 0 saturated heterocycles. The normalized spacial score (nSPS) is 26.0. The molecule has 4 atom stereocenters. The molecule has 0 radical (unpaired) electrons. The summed E-state index contributed by atoms with van der Waals surface area (Å²) in [4.78, 5) is 2.47. The van der Waals surface area contributed by atoms with Crippen LogP contribution >= 0.6 is 0 Å². The minimum Gasteiger partial charge on any atom is -0.370 e. The minimum absolute atomic E-state index is 0.161. The molecule has 21 heavy (non-hydrogen) atoms. The van der Waals surface area contributed by atoms with E-state index in [0.29, 0.717) is 5.92 Å². The van der Waals surface area contributed by atoms with Gasteiger partial charge in [-0.3, -0.25) is 0 Å². The fourth-order valence-corrected chi connectivity index (χ4v) is 3.93. The van der Waals surface area contributed by atoms with E-state index in [1.807, 2.05) is 0 Å². The fourth-order valence-electron chi connectivity index (χ4n) is 3.93. The first kappa shape index (κ1) is 18.3. The van der Waals surface area contributed by atoms with E-state index in [1.54, 1.807) is 5.57 Å². The van der Waals surface area contributed by atoms with Crippen LogP contribution in [0.3, 0.4) is 0 Å². The molecule has 0 spiro atoms. The third-order valence-electron chi connectivity index (χ3n) is 5.41. The van der Waals surface area contributed by atoms with Crippen molar-refractivity contribution in [1.29, 1.82) is 0 Å². The van der Waals surface area contributed by atoms with Gasteiger partial charge in [-0.2, -0.15) is 0 Å². The Bertz CT molecular complexity index is 385. The Morgan fingerprint density at radius 2 is 1.95 bits per heavy atom. The van der Waals surface area contributed by atoms with Crippen LogP contribution < -0.4 is 0 Å². The summed E-state index contributed by atoms with van der Waals surface area (Å²) in [6.45, 7) is 23.9. The first-order valence-corrected chi connectivity index (χ1v) is 8.64. The Labute approximate surface area is 133 Å². The topological polar surface area (TPSA) is 3.24 Å². The van der Waals surface area contributed by atoms with Gasteiger partial charge in [0.1, 0.15) is 0 Å². The third-order valence-corrected chi connectivity index (χ3v) is 5.41. The largest absolute Gasteiger partial charge is 0.370 e. The lowest BCUT2D eigenvalue weighted by Crippen LogP contribution is -2.44. The third kappa shape index (κ3) is 4.90. The zero-order valence-electron chi connectivity index (χ0n) is 15.7. The van der Waals surface area contributed by atoms with E-state index in [9.17, 15) is 0 Å². The molecule has 0 amide bonds. The fraction of sp³-hybridized carbons (Fsp3) is 0.800. The molecule has 4 unspecified atom stereocenters. The molecule has 1 aliphatic carbocycles. The van der Waals surface area contributed by atoms with Crippen LogP contribution in [0, 0.1) is 23.7 Å². The second-order valence-electron chi connectivity index (χ2n) is 8.43. The van der Waals surface area contributed by atoms with Crippen LogP contribution in [-0.2, 0) is 0 Å². The Hall–Kier alpha value is -0.720. The van der Waals surface area contributed by atoms with Crippen molar-refractivity contribution in [1.82, 2.24) is 4.90 Å². The monoisotopic (exact) mass is 291 g/mol. The summed E-state index contributed by atoms with van der Waals surface area (Å²) in [5, 5.41) is 0. The molecule has 0 heterocycles. The molecule has 0 fully saturated rings. The molecule has 0 aromatic rings. The second kappa shape index (κ2) is 7.03. The SMILES string of the molecule is C=C(C)N(CC(C)C(C)C1CCC(C)=CC1C)C(C)(C)C. The highest BCUT2D eigenvalue weighted by molar-refractivity contribution is 5.07. The van der Waals surface area contributed by atoms with Gasteiger partial charge in [0.25, 0.3) is 0 Å². The summed E-state index contributed by atoms with van der Waals surface area (Å²) in [7, 11) is 0. The molecule has 0 aromatic heterocycles. The molecular formula is C20H37N. The summed E-state index contributed by atoms with van der Waals surface area (Å²) in [6.07, 6.45) is 5.14. The number of nitrogens with zero attached hydrogens (tertiary/aromatic N) is 1. The lowest BCUT2D eigenvalue weighted by atomic mass is 9.71. The van der Waals surface area contributed by atoms with Gasteiger partial charge in [-0.1, -0.05) is 39.0 Å². The summed E-state index contributed by atoms with van der Waals surface area (Å²) in [5.41, 5.74) is 2.93. The average molecular weight is 292 g/mol.